The van der Waals surface area contributed by atoms with Crippen LogP contribution in [0.3, 0.4) is 0 Å². The molecule has 0 spiro atoms. The molecule has 0 aliphatic heterocycles. The van der Waals surface area contributed by atoms with Crippen molar-refractivity contribution in [1.82, 2.24) is 0 Å². The lowest BCUT2D eigenvalue weighted by Gasteiger charge is -2.09. The Kier molecular flexibility index (Phi) is 5.76. The minimum atomic E-state index is -0.437. The highest BCUT2D eigenvalue weighted by molar-refractivity contribution is 7.15. The molecule has 1 amide bonds. The average Bonchev–Trinajstić information content (AvgIpc) is 3.26. The Balaban J connectivity index is 1.98. The lowest BCUT2D eigenvalue weighted by atomic mass is 10.0. The van der Waals surface area contributed by atoms with Gasteiger partial charge in [0, 0.05) is 10.9 Å². The summed E-state index contributed by atoms with van der Waals surface area (Å²) in [5.74, 6) is -0.228. The van der Waals surface area contributed by atoms with Gasteiger partial charge in [0.05, 0.1) is 18.4 Å². The first-order valence-corrected chi connectivity index (χ1v) is 9.60. The molecule has 5 nitrogen and oxygen atoms in total. The predicted octanol–water partition coefficient (Wildman–Crippen LogP) is 5.44. The van der Waals surface area contributed by atoms with Crippen LogP contribution in [0, 0.1) is 13.8 Å². The number of nitrogens with one attached hydrogen (secondary N) is 1. The first-order valence-electron chi connectivity index (χ1n) is 8.72. The Morgan fingerprint density at radius 2 is 1.89 bits per heavy atom. The number of aryl methyl sites for hydroxylation is 2. The van der Waals surface area contributed by atoms with E-state index in [4.69, 9.17) is 9.15 Å². The van der Waals surface area contributed by atoms with E-state index >= 15 is 0 Å². The van der Waals surface area contributed by atoms with Gasteiger partial charge in [0.15, 0.2) is 0 Å². The molecular weight excluding hydrogens is 362 g/mol. The number of thiophene rings is 1. The van der Waals surface area contributed by atoms with Crippen molar-refractivity contribution in [2.75, 3.05) is 11.9 Å². The van der Waals surface area contributed by atoms with Crippen molar-refractivity contribution in [2.24, 2.45) is 0 Å². The molecule has 0 aliphatic rings. The van der Waals surface area contributed by atoms with Crippen LogP contribution in [0.4, 0.5) is 5.00 Å². The number of anilines is 1. The van der Waals surface area contributed by atoms with E-state index in [1.165, 1.54) is 17.6 Å². The maximum atomic E-state index is 12.7. The Labute approximate surface area is 162 Å². The van der Waals surface area contributed by atoms with Gasteiger partial charge in [-0.3, -0.25) is 4.79 Å². The standard InChI is InChI=1S/C21H21NO4S/c1-4-10-26-21(24)18-17(15-7-5-13(2)6-8-15)12-27-20(18)22-19(23)16-9-11-25-14(16)3/h5-9,11-12H,4,10H2,1-3H3,(H,22,23). The Bertz CT molecular complexity index is 953. The molecule has 2 heterocycles. The van der Waals surface area contributed by atoms with Gasteiger partial charge in [0.2, 0.25) is 0 Å². The summed E-state index contributed by atoms with van der Waals surface area (Å²) in [6.07, 6.45) is 2.19. The maximum Gasteiger partial charge on any atom is 0.341 e. The number of rotatable bonds is 6. The van der Waals surface area contributed by atoms with E-state index in [-0.39, 0.29) is 5.91 Å². The average molecular weight is 383 g/mol. The summed E-state index contributed by atoms with van der Waals surface area (Å²) in [7, 11) is 0. The summed E-state index contributed by atoms with van der Waals surface area (Å²) in [5.41, 5.74) is 3.61. The highest BCUT2D eigenvalue weighted by Gasteiger charge is 2.24. The van der Waals surface area contributed by atoms with Gasteiger partial charge in [-0.15, -0.1) is 11.3 Å². The number of esters is 1. The number of benzene rings is 1. The van der Waals surface area contributed by atoms with Crippen LogP contribution in [0.2, 0.25) is 0 Å². The molecule has 6 heteroatoms. The summed E-state index contributed by atoms with van der Waals surface area (Å²) in [5, 5.41) is 5.17. The number of carbonyl (C=O) groups excluding carboxylic acids is 2. The quantitative estimate of drug-likeness (QED) is 0.575. The van der Waals surface area contributed by atoms with Crippen molar-refractivity contribution in [2.45, 2.75) is 27.2 Å². The second-order valence-electron chi connectivity index (χ2n) is 6.20. The maximum absolute atomic E-state index is 12.7. The summed E-state index contributed by atoms with van der Waals surface area (Å²) < 4.78 is 10.5. The van der Waals surface area contributed by atoms with Gasteiger partial charge in [-0.1, -0.05) is 36.8 Å². The zero-order chi connectivity index (χ0) is 19.4. The first-order chi connectivity index (χ1) is 13.0. The molecule has 140 valence electrons. The van der Waals surface area contributed by atoms with E-state index in [0.29, 0.717) is 28.5 Å². The van der Waals surface area contributed by atoms with Crippen molar-refractivity contribution in [1.29, 1.82) is 0 Å². The Morgan fingerprint density at radius 1 is 1.15 bits per heavy atom. The largest absolute Gasteiger partial charge is 0.469 e. The summed E-state index contributed by atoms with van der Waals surface area (Å²) in [6, 6.07) is 9.50. The number of carbonyl (C=O) groups is 2. The molecular formula is C21H21NO4S. The molecule has 0 fully saturated rings. The van der Waals surface area contributed by atoms with E-state index in [1.54, 1.807) is 13.0 Å². The van der Waals surface area contributed by atoms with Gasteiger partial charge in [-0.25, -0.2) is 4.79 Å². The van der Waals surface area contributed by atoms with Gasteiger partial charge in [0.1, 0.15) is 16.3 Å². The van der Waals surface area contributed by atoms with Crippen molar-refractivity contribution < 1.29 is 18.7 Å². The molecule has 2 aromatic heterocycles. The summed E-state index contributed by atoms with van der Waals surface area (Å²) in [4.78, 5) is 25.3. The highest BCUT2D eigenvalue weighted by atomic mass is 32.1. The van der Waals surface area contributed by atoms with Crippen LogP contribution >= 0.6 is 11.3 Å². The van der Waals surface area contributed by atoms with Gasteiger partial charge in [0.25, 0.3) is 5.91 Å². The van der Waals surface area contributed by atoms with E-state index in [0.717, 1.165) is 23.1 Å². The minimum absolute atomic E-state index is 0.317. The Hall–Kier alpha value is -2.86. The molecule has 27 heavy (non-hydrogen) atoms. The predicted molar refractivity (Wildman–Crippen MR) is 106 cm³/mol. The molecule has 0 saturated carbocycles. The number of hydrogen-bond acceptors (Lipinski definition) is 5. The molecule has 0 bridgehead atoms. The van der Waals surface area contributed by atoms with Crippen LogP contribution in [-0.4, -0.2) is 18.5 Å². The van der Waals surface area contributed by atoms with Gasteiger partial charge >= 0.3 is 5.97 Å². The van der Waals surface area contributed by atoms with Crippen LogP contribution in [0.15, 0.2) is 46.4 Å². The molecule has 0 atom stereocenters. The molecule has 1 N–H and O–H groups in total. The van der Waals surface area contributed by atoms with E-state index in [2.05, 4.69) is 5.32 Å². The van der Waals surface area contributed by atoms with Crippen LogP contribution in [-0.2, 0) is 4.74 Å². The van der Waals surface area contributed by atoms with Crippen LogP contribution in [0.1, 0.15) is 45.4 Å². The summed E-state index contributed by atoms with van der Waals surface area (Å²) >= 11 is 1.31. The zero-order valence-corrected chi connectivity index (χ0v) is 16.3. The van der Waals surface area contributed by atoms with Gasteiger partial charge in [-0.05, 0) is 31.9 Å². The number of furan rings is 1. The molecule has 3 aromatic rings. The second-order valence-corrected chi connectivity index (χ2v) is 7.08. The third kappa shape index (κ3) is 4.11. The number of hydrogen-bond donors (Lipinski definition) is 1. The normalized spacial score (nSPS) is 10.6. The van der Waals surface area contributed by atoms with Crippen molar-refractivity contribution in [3.05, 3.63) is 64.4 Å². The van der Waals surface area contributed by atoms with E-state index < -0.39 is 5.97 Å². The lowest BCUT2D eigenvalue weighted by molar-refractivity contribution is 0.0508. The molecule has 1 aromatic carbocycles. The molecule has 0 radical (unpaired) electrons. The fourth-order valence-corrected chi connectivity index (χ4v) is 3.61. The smallest absolute Gasteiger partial charge is 0.341 e. The van der Waals surface area contributed by atoms with Crippen molar-refractivity contribution >= 4 is 28.2 Å². The molecule has 0 aliphatic carbocycles. The topological polar surface area (TPSA) is 68.5 Å². The van der Waals surface area contributed by atoms with E-state index in [1.807, 2.05) is 43.5 Å². The van der Waals surface area contributed by atoms with Crippen molar-refractivity contribution in [3.8, 4) is 11.1 Å². The first kappa shape index (κ1) is 18.9. The Morgan fingerprint density at radius 3 is 2.52 bits per heavy atom. The number of ether oxygens (including phenoxy) is 1. The van der Waals surface area contributed by atoms with Crippen molar-refractivity contribution in [3.63, 3.8) is 0 Å². The fraction of sp³-hybridized carbons (Fsp3) is 0.238. The molecule has 0 unspecified atom stereocenters. The lowest BCUT2D eigenvalue weighted by Crippen LogP contribution is -2.15. The second kappa shape index (κ2) is 8.22. The van der Waals surface area contributed by atoms with Gasteiger partial charge in [-0.2, -0.15) is 0 Å². The zero-order valence-electron chi connectivity index (χ0n) is 15.5. The number of amides is 1. The van der Waals surface area contributed by atoms with Crippen LogP contribution in [0.25, 0.3) is 11.1 Å². The SMILES string of the molecule is CCCOC(=O)c1c(-c2ccc(C)cc2)csc1NC(=O)c1ccoc1C. The molecule has 3 rings (SSSR count). The minimum Gasteiger partial charge on any atom is -0.469 e. The monoisotopic (exact) mass is 383 g/mol. The van der Waals surface area contributed by atoms with E-state index in [9.17, 15) is 9.59 Å². The molecule has 0 saturated heterocycles. The van der Waals surface area contributed by atoms with Crippen LogP contribution in [0.5, 0.6) is 0 Å². The fourth-order valence-electron chi connectivity index (χ4n) is 2.66. The summed E-state index contributed by atoms with van der Waals surface area (Å²) in [6.45, 7) is 5.99. The third-order valence-electron chi connectivity index (χ3n) is 4.13. The van der Waals surface area contributed by atoms with Crippen LogP contribution < -0.4 is 5.32 Å². The third-order valence-corrected chi connectivity index (χ3v) is 5.02. The van der Waals surface area contributed by atoms with Gasteiger partial charge < -0.3 is 14.5 Å². The highest BCUT2D eigenvalue weighted by Crippen LogP contribution is 2.36.